The highest BCUT2D eigenvalue weighted by atomic mass is 14.5. The zero-order valence-corrected chi connectivity index (χ0v) is 34.4. The third kappa shape index (κ3) is 4.54. The van der Waals surface area contributed by atoms with Gasteiger partial charge in [0.1, 0.15) is 0 Å². The first-order valence-electron chi connectivity index (χ1n) is 22.1. The van der Waals surface area contributed by atoms with Crippen LogP contribution in [0.1, 0.15) is 22.3 Å². The average molecular weight is 795 g/mol. The molecule has 14 rings (SSSR count). The summed E-state index contributed by atoms with van der Waals surface area (Å²) in [4.78, 5) is 0. The highest BCUT2D eigenvalue weighted by Gasteiger charge is 2.54. The van der Waals surface area contributed by atoms with Crippen molar-refractivity contribution in [2.75, 3.05) is 0 Å². The second-order valence-electron chi connectivity index (χ2n) is 17.4. The Morgan fingerprint density at radius 2 is 0.619 bits per heavy atom. The Balaban J connectivity index is 1.16. The molecule has 0 radical (unpaired) electrons. The molecule has 0 nitrogen and oxygen atoms in total. The predicted octanol–water partition coefficient (Wildman–Crippen LogP) is 16.8. The smallest absolute Gasteiger partial charge is 0.0622 e. The number of hydrogen-bond donors (Lipinski definition) is 0. The van der Waals surface area contributed by atoms with Crippen LogP contribution in [0.3, 0.4) is 0 Å². The molecule has 63 heavy (non-hydrogen) atoms. The molecule has 0 saturated heterocycles. The lowest BCUT2D eigenvalue weighted by Gasteiger charge is -2.33. The van der Waals surface area contributed by atoms with E-state index in [1.165, 1.54) is 132 Å². The first-order valence-corrected chi connectivity index (χ1v) is 22.1. The second-order valence-corrected chi connectivity index (χ2v) is 17.4. The molecule has 12 aromatic carbocycles. The van der Waals surface area contributed by atoms with Crippen molar-refractivity contribution in [2.45, 2.75) is 5.41 Å². The first-order chi connectivity index (χ1) is 31.3. The third-order valence-corrected chi connectivity index (χ3v) is 14.4. The summed E-state index contributed by atoms with van der Waals surface area (Å²) < 4.78 is 0. The maximum absolute atomic E-state index is 2.60. The highest BCUT2D eigenvalue weighted by Crippen LogP contribution is 2.67. The molecule has 290 valence electrons. The van der Waals surface area contributed by atoms with E-state index < -0.39 is 5.41 Å². The van der Waals surface area contributed by atoms with Crippen molar-refractivity contribution in [1.82, 2.24) is 0 Å². The summed E-state index contributed by atoms with van der Waals surface area (Å²) in [6.45, 7) is 0. The largest absolute Gasteiger partial charge is 0.0737 e. The Bertz CT molecular complexity index is 3800. The molecule has 0 heterocycles. The van der Waals surface area contributed by atoms with E-state index in [4.69, 9.17) is 0 Å². The van der Waals surface area contributed by atoms with Gasteiger partial charge < -0.3 is 0 Å². The van der Waals surface area contributed by atoms with Crippen LogP contribution in [-0.4, -0.2) is 0 Å². The molecule has 2 aliphatic carbocycles. The molecule has 0 fully saturated rings. The standard InChI is InChI=1S/C63H38/c1-2-19-39(20-3-1)40-21-18-22-41(37-40)58-48-29-8-10-31-50(48)59(51-32-11-9-30-49(51)58)54-38-55-60-47-28-7-4-23-42(47)43-24-5-13-34-53(43)62(60)63(61(55)52-33-12-6-25-44(52)54)56-35-16-14-26-45(56)46-27-15-17-36-57(46)63/h1-38H. The molecule has 0 aliphatic heterocycles. The minimum Gasteiger partial charge on any atom is -0.0622 e. The monoisotopic (exact) mass is 794 g/mol. The topological polar surface area (TPSA) is 0 Å². The highest BCUT2D eigenvalue weighted by molar-refractivity contribution is 6.27. The molecule has 2 aliphatic rings. The van der Waals surface area contributed by atoms with Gasteiger partial charge in [-0.1, -0.05) is 218 Å². The van der Waals surface area contributed by atoms with Gasteiger partial charge in [-0.3, -0.25) is 0 Å². The lowest BCUT2D eigenvalue weighted by molar-refractivity contribution is 0.809. The number of hydrogen-bond acceptors (Lipinski definition) is 0. The van der Waals surface area contributed by atoms with Crippen molar-refractivity contribution in [1.29, 1.82) is 0 Å². The van der Waals surface area contributed by atoms with Crippen LogP contribution < -0.4 is 0 Å². The molecule has 0 aromatic heterocycles. The molecular weight excluding hydrogens is 757 g/mol. The first kappa shape index (κ1) is 34.6. The number of rotatable bonds is 3. The van der Waals surface area contributed by atoms with E-state index in [1.807, 2.05) is 0 Å². The summed E-state index contributed by atoms with van der Waals surface area (Å²) in [7, 11) is 0. The molecule has 0 heteroatoms. The van der Waals surface area contributed by atoms with E-state index in [-0.39, 0.29) is 0 Å². The molecule has 12 aromatic rings. The number of benzene rings is 12. The van der Waals surface area contributed by atoms with Gasteiger partial charge in [-0.25, -0.2) is 0 Å². The van der Waals surface area contributed by atoms with Crippen LogP contribution in [0.4, 0.5) is 0 Å². The summed E-state index contributed by atoms with van der Waals surface area (Å²) in [5.74, 6) is 0. The van der Waals surface area contributed by atoms with Crippen LogP contribution in [0.25, 0.3) is 109 Å². The maximum Gasteiger partial charge on any atom is 0.0737 e. The molecular formula is C63H38. The molecule has 0 unspecified atom stereocenters. The van der Waals surface area contributed by atoms with Gasteiger partial charge in [-0.2, -0.15) is 0 Å². The van der Waals surface area contributed by atoms with Crippen LogP contribution in [0.15, 0.2) is 231 Å². The van der Waals surface area contributed by atoms with Crippen molar-refractivity contribution >= 4 is 53.9 Å². The minimum absolute atomic E-state index is 0.530. The SMILES string of the molecule is c1ccc(-c2cccc(-c3c4ccccc4c(-c4cc5c(c6ccccc46)C4(c6ccccc6-c6ccccc64)c4c-5c5ccccc5c5ccccc45)c4ccccc34)c2)cc1. The fourth-order valence-corrected chi connectivity index (χ4v) is 12.1. The molecule has 0 saturated carbocycles. The van der Waals surface area contributed by atoms with E-state index in [1.54, 1.807) is 0 Å². The maximum atomic E-state index is 2.60. The molecule has 1 spiro atoms. The Labute approximate surface area is 366 Å². The quantitative estimate of drug-likeness (QED) is 0.123. The van der Waals surface area contributed by atoms with Gasteiger partial charge in [0.05, 0.1) is 5.41 Å². The third-order valence-electron chi connectivity index (χ3n) is 14.4. The Kier molecular flexibility index (Phi) is 7.13. The van der Waals surface area contributed by atoms with Crippen LogP contribution >= 0.6 is 0 Å². The van der Waals surface area contributed by atoms with Crippen molar-refractivity contribution < 1.29 is 0 Å². The fraction of sp³-hybridized carbons (Fsp3) is 0.0159. The van der Waals surface area contributed by atoms with E-state index in [2.05, 4.69) is 231 Å². The summed E-state index contributed by atoms with van der Waals surface area (Å²) in [5, 5.41) is 12.8. The zero-order valence-electron chi connectivity index (χ0n) is 34.4. The molecule has 0 amide bonds. The molecule has 0 bridgehead atoms. The summed E-state index contributed by atoms with van der Waals surface area (Å²) in [5.41, 5.74) is 17.8. The normalized spacial score (nSPS) is 13.2. The van der Waals surface area contributed by atoms with Crippen molar-refractivity contribution in [3.63, 3.8) is 0 Å². The van der Waals surface area contributed by atoms with Gasteiger partial charge in [-0.05, 0) is 144 Å². The van der Waals surface area contributed by atoms with Crippen LogP contribution in [-0.2, 0) is 5.41 Å². The Morgan fingerprint density at radius 3 is 1.22 bits per heavy atom. The van der Waals surface area contributed by atoms with Gasteiger partial charge in [-0.15, -0.1) is 0 Å². The van der Waals surface area contributed by atoms with Gasteiger partial charge >= 0.3 is 0 Å². The van der Waals surface area contributed by atoms with E-state index in [9.17, 15) is 0 Å². The average Bonchev–Trinajstić information content (AvgIpc) is 3.83. The second kappa shape index (κ2) is 13.0. The minimum atomic E-state index is -0.530. The van der Waals surface area contributed by atoms with Gasteiger partial charge in [0, 0.05) is 0 Å². The molecule has 0 atom stereocenters. The van der Waals surface area contributed by atoms with Crippen molar-refractivity contribution in [3.05, 3.63) is 253 Å². The number of fused-ring (bicyclic) bond motifs is 19. The van der Waals surface area contributed by atoms with Crippen LogP contribution in [0.5, 0.6) is 0 Å². The molecule has 0 N–H and O–H groups in total. The van der Waals surface area contributed by atoms with E-state index in [0.29, 0.717) is 0 Å². The van der Waals surface area contributed by atoms with Gasteiger partial charge in [0.15, 0.2) is 0 Å². The van der Waals surface area contributed by atoms with Gasteiger partial charge in [0.2, 0.25) is 0 Å². The van der Waals surface area contributed by atoms with E-state index >= 15 is 0 Å². The lowest BCUT2D eigenvalue weighted by Crippen LogP contribution is -2.26. The van der Waals surface area contributed by atoms with Crippen molar-refractivity contribution in [2.24, 2.45) is 0 Å². The summed E-state index contributed by atoms with van der Waals surface area (Å²) >= 11 is 0. The Hall–Kier alpha value is -8.06. The van der Waals surface area contributed by atoms with Crippen LogP contribution in [0, 0.1) is 0 Å². The van der Waals surface area contributed by atoms with Gasteiger partial charge in [0.25, 0.3) is 0 Å². The van der Waals surface area contributed by atoms with E-state index in [0.717, 1.165) is 0 Å². The van der Waals surface area contributed by atoms with Crippen molar-refractivity contribution in [3.8, 4) is 55.6 Å². The lowest BCUT2D eigenvalue weighted by atomic mass is 9.68. The Morgan fingerprint density at radius 1 is 0.206 bits per heavy atom. The summed E-state index contributed by atoms with van der Waals surface area (Å²) in [6.07, 6.45) is 0. The predicted molar refractivity (Wildman–Crippen MR) is 267 cm³/mol. The fourth-order valence-electron chi connectivity index (χ4n) is 12.1. The summed E-state index contributed by atoms with van der Waals surface area (Å²) in [6, 6.07) is 86.7. The van der Waals surface area contributed by atoms with Crippen LogP contribution in [0.2, 0.25) is 0 Å². The zero-order chi connectivity index (χ0) is 41.2.